The van der Waals surface area contributed by atoms with Gasteiger partial charge in [-0.25, -0.2) is 4.79 Å². The maximum Gasteiger partial charge on any atom is 0.337 e. The van der Waals surface area contributed by atoms with Crippen molar-refractivity contribution in [3.63, 3.8) is 0 Å². The average molecular weight is 541 g/mol. The lowest BCUT2D eigenvalue weighted by Crippen LogP contribution is -2.16. The number of carbonyl (C=O) groups is 3. The summed E-state index contributed by atoms with van der Waals surface area (Å²) in [4.78, 5) is 41.1. The number of nitrogens with zero attached hydrogens (tertiary/aromatic N) is 4. The van der Waals surface area contributed by atoms with Crippen LogP contribution >= 0.6 is 0 Å². The smallest absolute Gasteiger partial charge is 0.337 e. The Morgan fingerprint density at radius 3 is 2.49 bits per heavy atom. The van der Waals surface area contributed by atoms with E-state index in [2.05, 4.69) is 36.3 Å². The van der Waals surface area contributed by atoms with Gasteiger partial charge in [-0.05, 0) is 43.3 Å². The Hall–Kier alpha value is -5.08. The fraction of sp³-hybridized carbons (Fsp3) is 0.107. The Morgan fingerprint density at radius 1 is 0.974 bits per heavy atom. The SMILES string of the molecule is COC(=O)c1cccc([S-](=O)=NC(=O)c2cncc(C#Cc3cccc(NC(=O)c4cc(C)nn4C)c3)c2)c1. The number of rotatable bonds is 5. The highest BCUT2D eigenvalue weighted by Crippen LogP contribution is 2.14. The van der Waals surface area contributed by atoms with Crippen molar-refractivity contribution in [1.82, 2.24) is 14.8 Å². The normalized spacial score (nSPS) is 11.3. The predicted octanol–water partition coefficient (Wildman–Crippen LogP) is 3.91. The highest BCUT2D eigenvalue weighted by molar-refractivity contribution is 7.75. The monoisotopic (exact) mass is 540 g/mol. The van der Waals surface area contributed by atoms with Crippen LogP contribution in [0, 0.1) is 18.8 Å². The van der Waals surface area contributed by atoms with Crippen LogP contribution in [0.1, 0.15) is 48.0 Å². The van der Waals surface area contributed by atoms with Gasteiger partial charge in [-0.1, -0.05) is 41.0 Å². The molecule has 0 fully saturated rings. The van der Waals surface area contributed by atoms with E-state index in [1.54, 1.807) is 37.4 Å². The third-order valence-corrected chi connectivity index (χ3v) is 6.30. The third-order valence-electron chi connectivity index (χ3n) is 5.31. The van der Waals surface area contributed by atoms with E-state index in [4.69, 9.17) is 0 Å². The van der Waals surface area contributed by atoms with Crippen LogP contribution in [0.15, 0.2) is 82.3 Å². The molecule has 0 unspecified atom stereocenters. The maximum absolute atomic E-state index is 12.6. The molecule has 2 aromatic carbocycles. The average Bonchev–Trinajstić information content (AvgIpc) is 3.29. The van der Waals surface area contributed by atoms with Crippen LogP contribution in [0.4, 0.5) is 5.69 Å². The second-order valence-corrected chi connectivity index (χ2v) is 9.36. The molecule has 4 rings (SSSR count). The lowest BCUT2D eigenvalue weighted by Gasteiger charge is -2.07. The van der Waals surface area contributed by atoms with Crippen LogP contribution in [0.5, 0.6) is 0 Å². The van der Waals surface area contributed by atoms with Crippen LogP contribution < -0.4 is 5.32 Å². The minimum atomic E-state index is -2.04. The molecular weight excluding hydrogens is 518 g/mol. The summed E-state index contributed by atoms with van der Waals surface area (Å²) in [5.41, 5.74) is 3.09. The number of hydrogen-bond acceptors (Lipinski definition) is 8. The molecule has 2 aromatic heterocycles. The topological polar surface area (TPSA) is 133 Å². The van der Waals surface area contributed by atoms with Crippen LogP contribution in [0.25, 0.3) is 0 Å². The number of benzene rings is 2. The molecule has 4 aromatic rings. The number of hydrogen-bond donors (Lipinski definition) is 1. The largest absolute Gasteiger partial charge is 0.465 e. The van der Waals surface area contributed by atoms with Gasteiger partial charge in [0, 0.05) is 36.3 Å². The van der Waals surface area contributed by atoms with E-state index in [0.29, 0.717) is 22.5 Å². The van der Waals surface area contributed by atoms with Gasteiger partial charge in [0.05, 0.1) is 23.9 Å². The number of esters is 1. The van der Waals surface area contributed by atoms with Gasteiger partial charge in [-0.3, -0.25) is 19.3 Å². The standard InChI is InChI=1S/C28H22N5O5S/c1-18-12-25(33(2)31-18)27(35)30-23-8-4-6-19(14-23)10-11-20-13-22(17-29-16-20)26(34)32-39(37)24-9-5-7-21(15-24)28(36)38-3/h4-9,12-17H,1-3H3,(H,30,35)/q-1. The molecule has 0 atom stereocenters. The van der Waals surface area contributed by atoms with Gasteiger partial charge in [-0.2, -0.15) is 15.7 Å². The number of pyridine rings is 1. The van der Waals surface area contributed by atoms with Gasteiger partial charge >= 0.3 is 5.97 Å². The van der Waals surface area contributed by atoms with E-state index in [-0.39, 0.29) is 21.9 Å². The van der Waals surface area contributed by atoms with Crippen molar-refractivity contribution in [3.8, 4) is 11.8 Å². The molecule has 196 valence electrons. The molecular formula is C28H22N5O5S-. The second-order valence-electron chi connectivity index (χ2n) is 8.21. The van der Waals surface area contributed by atoms with Crippen molar-refractivity contribution < 1.29 is 23.3 Å². The summed E-state index contributed by atoms with van der Waals surface area (Å²) < 4.78 is 22.5. The third kappa shape index (κ3) is 6.82. The first-order chi connectivity index (χ1) is 18.7. The molecule has 0 spiro atoms. The summed E-state index contributed by atoms with van der Waals surface area (Å²) in [6.45, 7) is 1.81. The van der Waals surface area contributed by atoms with E-state index in [9.17, 15) is 18.6 Å². The van der Waals surface area contributed by atoms with E-state index in [1.165, 1.54) is 54.5 Å². The lowest BCUT2D eigenvalue weighted by molar-refractivity contribution is 0.0600. The zero-order valence-electron chi connectivity index (χ0n) is 21.2. The first kappa shape index (κ1) is 27.0. The minimum absolute atomic E-state index is 0.103. The molecule has 39 heavy (non-hydrogen) atoms. The van der Waals surface area contributed by atoms with E-state index in [1.807, 2.05) is 6.92 Å². The van der Waals surface area contributed by atoms with E-state index < -0.39 is 22.5 Å². The quantitative estimate of drug-likeness (QED) is 0.231. The predicted molar refractivity (Wildman–Crippen MR) is 143 cm³/mol. The van der Waals surface area contributed by atoms with Crippen LogP contribution in [-0.4, -0.2) is 39.7 Å². The van der Waals surface area contributed by atoms with Gasteiger partial charge in [0.15, 0.2) is 0 Å². The zero-order chi connectivity index (χ0) is 27.9. The number of nitrogens with one attached hydrogen (secondary N) is 1. The van der Waals surface area contributed by atoms with Crippen molar-refractivity contribution >= 4 is 34.1 Å². The highest BCUT2D eigenvalue weighted by atomic mass is 32.2. The lowest BCUT2D eigenvalue weighted by atomic mass is 10.1. The maximum atomic E-state index is 12.6. The minimum Gasteiger partial charge on any atom is -0.465 e. The first-order valence-electron chi connectivity index (χ1n) is 11.5. The van der Waals surface area contributed by atoms with Gasteiger partial charge in [0.25, 0.3) is 11.8 Å². The molecule has 0 aliphatic heterocycles. The van der Waals surface area contributed by atoms with Crippen LogP contribution in [0.3, 0.4) is 0 Å². The number of methoxy groups -OCH3 is 1. The summed E-state index contributed by atoms with van der Waals surface area (Å²) in [7, 11) is 0.896. The molecule has 2 amide bonds. The van der Waals surface area contributed by atoms with E-state index >= 15 is 0 Å². The molecule has 0 bridgehead atoms. The zero-order valence-corrected chi connectivity index (χ0v) is 22.0. The summed E-state index contributed by atoms with van der Waals surface area (Å²) >= 11 is 0. The fourth-order valence-corrected chi connectivity index (χ4v) is 4.28. The number of carbonyl (C=O) groups excluding carboxylic acids is 3. The van der Waals surface area contributed by atoms with Crippen LogP contribution in [0.2, 0.25) is 0 Å². The summed E-state index contributed by atoms with van der Waals surface area (Å²) in [6.07, 6.45) is 2.78. The Morgan fingerprint density at radius 2 is 1.74 bits per heavy atom. The highest BCUT2D eigenvalue weighted by Gasteiger charge is 2.12. The van der Waals surface area contributed by atoms with Gasteiger partial charge in [-0.15, -0.1) is 0 Å². The second kappa shape index (κ2) is 12.0. The van der Waals surface area contributed by atoms with Gasteiger partial charge < -0.3 is 18.6 Å². The number of ether oxygens (including phenoxy) is 1. The first-order valence-corrected chi connectivity index (χ1v) is 12.6. The number of amides is 2. The molecule has 11 heteroatoms. The molecule has 0 saturated heterocycles. The summed E-state index contributed by atoms with van der Waals surface area (Å²) in [5, 5.41) is 7.01. The fourth-order valence-electron chi connectivity index (χ4n) is 3.49. The van der Waals surface area contributed by atoms with Crippen molar-refractivity contribution in [1.29, 1.82) is 0 Å². The number of aromatic nitrogens is 3. The summed E-state index contributed by atoms with van der Waals surface area (Å²) in [6, 6.07) is 16.1. The molecule has 0 radical (unpaired) electrons. The van der Waals surface area contributed by atoms with Gasteiger partial charge in [0.2, 0.25) is 0 Å². The summed E-state index contributed by atoms with van der Waals surface area (Å²) in [5.74, 6) is 4.28. The Kier molecular flexibility index (Phi) is 8.28. The van der Waals surface area contributed by atoms with E-state index in [0.717, 1.165) is 5.69 Å². The van der Waals surface area contributed by atoms with Crippen molar-refractivity contribution in [2.45, 2.75) is 11.8 Å². The van der Waals surface area contributed by atoms with Crippen LogP contribution in [-0.2, 0) is 26.6 Å². The van der Waals surface area contributed by atoms with Gasteiger partial charge in [0.1, 0.15) is 5.69 Å². The molecule has 1 N–H and O–H groups in total. The van der Waals surface area contributed by atoms with Crippen molar-refractivity contribution in [3.05, 3.63) is 107 Å². The molecule has 0 aliphatic rings. The van der Waals surface area contributed by atoms with Crippen molar-refractivity contribution in [2.24, 2.45) is 11.4 Å². The molecule has 0 saturated carbocycles. The van der Waals surface area contributed by atoms with Crippen molar-refractivity contribution in [2.75, 3.05) is 12.4 Å². The Bertz CT molecular complexity index is 1740. The number of anilines is 1. The Labute approximate surface area is 226 Å². The molecule has 10 nitrogen and oxygen atoms in total. The molecule has 0 aliphatic carbocycles. The number of aryl methyl sites for hydroxylation is 2. The Balaban J connectivity index is 1.49. The molecule has 2 heterocycles.